The van der Waals surface area contributed by atoms with Gasteiger partial charge in [0, 0.05) is 11.1 Å². The zero-order valence-corrected chi connectivity index (χ0v) is 15.3. The maximum absolute atomic E-state index is 4.78. The number of pyridine rings is 1. The number of hydrogen-bond acceptors (Lipinski definition) is 3. The molecule has 3 heteroatoms. The van der Waals surface area contributed by atoms with Crippen LogP contribution < -0.4 is 4.67 Å². The minimum Gasteiger partial charge on any atom is -0.237 e. The average molecular weight is 354 g/mol. The van der Waals surface area contributed by atoms with Crippen molar-refractivity contribution in [3.63, 3.8) is 0 Å². The van der Waals surface area contributed by atoms with Crippen LogP contribution in [-0.4, -0.2) is 4.98 Å². The summed E-state index contributed by atoms with van der Waals surface area (Å²) in [4.78, 5) is 10.4. The van der Waals surface area contributed by atoms with Crippen molar-refractivity contribution in [3.05, 3.63) is 101 Å². The molecule has 4 aromatic rings. The number of aryl methyl sites for hydroxylation is 1. The van der Waals surface area contributed by atoms with Gasteiger partial charge in [-0.1, -0.05) is 60.7 Å². The fourth-order valence-corrected chi connectivity index (χ4v) is 3.77. The summed E-state index contributed by atoms with van der Waals surface area (Å²) in [5.41, 5.74) is 4.70. The molecule has 0 atom stereocenters. The van der Waals surface area contributed by atoms with Crippen LogP contribution >= 0.6 is 11.3 Å². The lowest BCUT2D eigenvalue weighted by Gasteiger charge is -2.06. The zero-order valence-electron chi connectivity index (χ0n) is 14.5. The maximum atomic E-state index is 4.78. The van der Waals surface area contributed by atoms with E-state index in [1.807, 2.05) is 24.3 Å². The van der Waals surface area contributed by atoms with Crippen LogP contribution in [0.1, 0.15) is 5.56 Å². The molecule has 2 heterocycles. The van der Waals surface area contributed by atoms with E-state index >= 15 is 0 Å². The molecule has 0 unspecified atom stereocenters. The molecule has 2 aromatic carbocycles. The van der Waals surface area contributed by atoms with Crippen molar-refractivity contribution in [1.29, 1.82) is 0 Å². The lowest BCUT2D eigenvalue weighted by Crippen LogP contribution is -1.98. The molecule has 4 rings (SSSR count). The Bertz CT molecular complexity index is 1020. The molecule has 126 valence electrons. The van der Waals surface area contributed by atoms with Crippen LogP contribution in [0.25, 0.3) is 21.6 Å². The topological polar surface area (TPSA) is 25.2 Å². The minimum absolute atomic E-state index is 0.741. The van der Waals surface area contributed by atoms with Crippen molar-refractivity contribution in [3.8, 4) is 21.6 Å². The van der Waals surface area contributed by atoms with Crippen molar-refractivity contribution in [2.24, 2.45) is 4.99 Å². The van der Waals surface area contributed by atoms with E-state index in [1.165, 1.54) is 16.0 Å². The van der Waals surface area contributed by atoms with Crippen LogP contribution in [-0.2, 0) is 0 Å². The fourth-order valence-electron chi connectivity index (χ4n) is 2.78. The molecule has 0 N–H and O–H groups in total. The van der Waals surface area contributed by atoms with Gasteiger partial charge in [0.2, 0.25) is 0 Å². The molecular weight excluding hydrogens is 336 g/mol. The second kappa shape index (κ2) is 7.46. The van der Waals surface area contributed by atoms with Gasteiger partial charge in [0.05, 0.1) is 0 Å². The molecular formula is C23H18N2S. The number of nitrogens with zero attached hydrogens (tertiary/aromatic N) is 2. The standard InChI is InChI=1S/C23H18N2S/c1-17-12-13-24-22(14-17)25-23-16-20(18-8-4-2-5-9-18)15-21(26-23)19-10-6-3-7-11-19/h2-16H,1H3. The van der Waals surface area contributed by atoms with Gasteiger partial charge >= 0.3 is 0 Å². The normalized spacial score (nSPS) is 11.5. The SMILES string of the molecule is Cc1ccnc(N=c2cc(-c3ccccc3)cc(-c3ccccc3)s2)c1. The number of benzene rings is 2. The van der Waals surface area contributed by atoms with E-state index < -0.39 is 0 Å². The molecule has 2 aromatic heterocycles. The van der Waals surface area contributed by atoms with E-state index in [4.69, 9.17) is 4.99 Å². The average Bonchev–Trinajstić information content (AvgIpc) is 2.69. The molecule has 0 radical (unpaired) electrons. The van der Waals surface area contributed by atoms with Gasteiger partial charge in [-0.05, 0) is 53.4 Å². The summed E-state index contributed by atoms with van der Waals surface area (Å²) in [6.45, 7) is 2.06. The predicted octanol–water partition coefficient (Wildman–Crippen LogP) is 6.02. The van der Waals surface area contributed by atoms with Crippen LogP contribution in [0.5, 0.6) is 0 Å². The molecule has 0 spiro atoms. The number of aromatic nitrogens is 1. The molecule has 0 amide bonds. The third kappa shape index (κ3) is 3.79. The third-order valence-corrected chi connectivity index (χ3v) is 5.06. The van der Waals surface area contributed by atoms with Crippen molar-refractivity contribution in [2.45, 2.75) is 6.92 Å². The largest absolute Gasteiger partial charge is 0.237 e. The molecule has 0 aliphatic heterocycles. The number of rotatable bonds is 3. The van der Waals surface area contributed by atoms with Crippen LogP contribution in [0.4, 0.5) is 5.82 Å². The molecule has 0 aliphatic rings. The van der Waals surface area contributed by atoms with E-state index in [1.54, 1.807) is 17.5 Å². The van der Waals surface area contributed by atoms with Crippen LogP contribution in [0, 0.1) is 6.92 Å². The molecule has 0 bridgehead atoms. The highest BCUT2D eigenvalue weighted by Crippen LogP contribution is 2.27. The summed E-state index contributed by atoms with van der Waals surface area (Å²) in [7, 11) is 0. The lowest BCUT2D eigenvalue weighted by molar-refractivity contribution is 1.21. The Kier molecular flexibility index (Phi) is 4.71. The highest BCUT2D eigenvalue weighted by Gasteiger charge is 2.04. The Hall–Kier alpha value is -3.04. The van der Waals surface area contributed by atoms with Crippen LogP contribution in [0.2, 0.25) is 0 Å². The highest BCUT2D eigenvalue weighted by atomic mass is 32.1. The summed E-state index contributed by atoms with van der Waals surface area (Å²) in [5.74, 6) is 0.741. The quantitative estimate of drug-likeness (QED) is 0.442. The number of hydrogen-bond donors (Lipinski definition) is 0. The predicted molar refractivity (Wildman–Crippen MR) is 109 cm³/mol. The van der Waals surface area contributed by atoms with Crippen LogP contribution in [0.15, 0.2) is 96.1 Å². The van der Waals surface area contributed by atoms with E-state index in [0.717, 1.165) is 21.6 Å². The molecule has 0 saturated carbocycles. The first kappa shape index (κ1) is 16.4. The highest BCUT2D eigenvalue weighted by molar-refractivity contribution is 7.12. The van der Waals surface area contributed by atoms with Crippen molar-refractivity contribution >= 4 is 17.2 Å². The summed E-state index contributed by atoms with van der Waals surface area (Å²) >= 11 is 1.68. The van der Waals surface area contributed by atoms with Gasteiger partial charge < -0.3 is 0 Å². The van der Waals surface area contributed by atoms with Crippen LogP contribution in [0.3, 0.4) is 0 Å². The maximum Gasteiger partial charge on any atom is 0.153 e. The molecule has 2 nitrogen and oxygen atoms in total. The molecule has 0 saturated heterocycles. The molecule has 0 fully saturated rings. The van der Waals surface area contributed by atoms with Crippen molar-refractivity contribution < 1.29 is 0 Å². The minimum atomic E-state index is 0.741. The second-order valence-electron chi connectivity index (χ2n) is 6.08. The Morgan fingerprint density at radius 2 is 1.42 bits per heavy atom. The van der Waals surface area contributed by atoms with Gasteiger partial charge in [-0.25, -0.2) is 9.98 Å². The fraction of sp³-hybridized carbons (Fsp3) is 0.0435. The first-order valence-electron chi connectivity index (χ1n) is 8.51. The first-order valence-corrected chi connectivity index (χ1v) is 9.33. The Balaban J connectivity index is 1.91. The van der Waals surface area contributed by atoms with Gasteiger partial charge in [0.15, 0.2) is 5.82 Å². The Morgan fingerprint density at radius 3 is 2.12 bits per heavy atom. The summed E-state index contributed by atoms with van der Waals surface area (Å²) in [6, 6.07) is 29.2. The van der Waals surface area contributed by atoms with E-state index in [9.17, 15) is 0 Å². The van der Waals surface area contributed by atoms with Crippen molar-refractivity contribution in [1.82, 2.24) is 4.98 Å². The van der Waals surface area contributed by atoms with Gasteiger partial charge in [-0.15, -0.1) is 11.3 Å². The summed E-state index contributed by atoms with van der Waals surface area (Å²) in [5, 5.41) is 0. The monoisotopic (exact) mass is 354 g/mol. The Morgan fingerprint density at radius 1 is 0.731 bits per heavy atom. The third-order valence-electron chi connectivity index (χ3n) is 4.07. The summed E-state index contributed by atoms with van der Waals surface area (Å²) < 4.78 is 0.948. The zero-order chi connectivity index (χ0) is 17.8. The molecule has 0 aliphatic carbocycles. The first-order chi connectivity index (χ1) is 12.8. The van der Waals surface area contributed by atoms with Crippen molar-refractivity contribution in [2.75, 3.05) is 0 Å². The van der Waals surface area contributed by atoms with Gasteiger partial charge in [-0.3, -0.25) is 0 Å². The van der Waals surface area contributed by atoms with E-state index in [0.29, 0.717) is 0 Å². The van der Waals surface area contributed by atoms with Gasteiger partial charge in [0.1, 0.15) is 4.67 Å². The van der Waals surface area contributed by atoms with Gasteiger partial charge in [0.25, 0.3) is 0 Å². The second-order valence-corrected chi connectivity index (χ2v) is 7.15. The van der Waals surface area contributed by atoms with E-state index in [2.05, 4.69) is 72.6 Å². The lowest BCUT2D eigenvalue weighted by atomic mass is 10.1. The van der Waals surface area contributed by atoms with E-state index in [-0.39, 0.29) is 0 Å². The Labute approximate surface area is 157 Å². The molecule has 26 heavy (non-hydrogen) atoms. The summed E-state index contributed by atoms with van der Waals surface area (Å²) in [6.07, 6.45) is 1.80. The smallest absolute Gasteiger partial charge is 0.153 e. The van der Waals surface area contributed by atoms with Gasteiger partial charge in [-0.2, -0.15) is 0 Å².